The molecule has 2 saturated heterocycles. The lowest BCUT2D eigenvalue weighted by molar-refractivity contribution is -0.162. The van der Waals surface area contributed by atoms with Crippen molar-refractivity contribution < 1.29 is 33.5 Å². The summed E-state index contributed by atoms with van der Waals surface area (Å²) in [5, 5.41) is 5.27. The number of imide groups is 1. The van der Waals surface area contributed by atoms with Gasteiger partial charge in [-0.05, 0) is 46.1 Å². The van der Waals surface area contributed by atoms with E-state index in [1.165, 1.54) is 9.80 Å². The first kappa shape index (κ1) is 27.8. The van der Waals surface area contributed by atoms with Gasteiger partial charge < -0.3 is 20.3 Å². The van der Waals surface area contributed by atoms with Crippen LogP contribution in [0, 0.1) is 0 Å². The standard InChI is InChI=1S/C27H33N5O7/c1-5-30-14-15-31(24(36)23(30)35)26(38)29-19(16-10-7-6-8-11-16)21(33)28-20-17-12-9-13-18(32(17)22(20)34)25(37)39-27(2,3)4/h6-8,10-11,13,17,19-20H,5,9,12,14-15H2,1-4H3,(H,28,33)(H,29,38)/t17-,19+,20-/m0/s1. The van der Waals surface area contributed by atoms with Gasteiger partial charge >= 0.3 is 23.8 Å². The van der Waals surface area contributed by atoms with Gasteiger partial charge in [-0.1, -0.05) is 36.4 Å². The second-order valence-corrected chi connectivity index (χ2v) is 10.6. The van der Waals surface area contributed by atoms with Gasteiger partial charge in [0.15, 0.2) is 0 Å². The first-order chi connectivity index (χ1) is 18.4. The van der Waals surface area contributed by atoms with Crippen LogP contribution >= 0.6 is 0 Å². The summed E-state index contributed by atoms with van der Waals surface area (Å²) in [4.78, 5) is 80.5. The molecule has 1 aromatic rings. The van der Waals surface area contributed by atoms with E-state index in [1.54, 1.807) is 64.1 Å². The van der Waals surface area contributed by atoms with Crippen LogP contribution in [0.1, 0.15) is 52.1 Å². The number of piperazine rings is 1. The number of benzene rings is 1. The average molecular weight is 540 g/mol. The summed E-state index contributed by atoms with van der Waals surface area (Å²) in [6, 6.07) is 4.91. The van der Waals surface area contributed by atoms with E-state index in [-0.39, 0.29) is 18.8 Å². The first-order valence-electron chi connectivity index (χ1n) is 13.0. The molecule has 0 aromatic heterocycles. The van der Waals surface area contributed by atoms with Gasteiger partial charge in [0.25, 0.3) is 5.91 Å². The molecular formula is C27H33N5O7. The quantitative estimate of drug-likeness (QED) is 0.310. The van der Waals surface area contributed by atoms with E-state index in [4.69, 9.17) is 4.74 Å². The molecule has 12 nitrogen and oxygen atoms in total. The maximum Gasteiger partial charge on any atom is 0.355 e. The Balaban J connectivity index is 1.48. The minimum Gasteiger partial charge on any atom is -0.455 e. The van der Waals surface area contributed by atoms with Crippen molar-refractivity contribution in [2.75, 3.05) is 19.6 Å². The molecule has 3 aliphatic rings. The monoisotopic (exact) mass is 539 g/mol. The molecule has 0 radical (unpaired) electrons. The van der Waals surface area contributed by atoms with E-state index < -0.39 is 59.4 Å². The van der Waals surface area contributed by atoms with Crippen LogP contribution in [-0.2, 0) is 28.7 Å². The summed E-state index contributed by atoms with van der Waals surface area (Å²) in [6.45, 7) is 7.46. The fraction of sp³-hybridized carbons (Fsp3) is 0.481. The molecule has 0 aliphatic carbocycles. The normalized spacial score (nSPS) is 21.9. The Labute approximate surface area is 226 Å². The van der Waals surface area contributed by atoms with Crippen molar-refractivity contribution in [2.45, 2.75) is 64.3 Å². The fourth-order valence-corrected chi connectivity index (χ4v) is 4.85. The highest BCUT2D eigenvalue weighted by Crippen LogP contribution is 2.34. The number of urea groups is 1. The molecule has 3 aliphatic heterocycles. The Kier molecular flexibility index (Phi) is 7.75. The summed E-state index contributed by atoms with van der Waals surface area (Å²) in [6.07, 6.45) is 2.71. The lowest BCUT2D eigenvalue weighted by Crippen LogP contribution is -2.72. The van der Waals surface area contributed by atoms with Gasteiger partial charge in [-0.25, -0.2) is 9.59 Å². The van der Waals surface area contributed by atoms with Crippen LogP contribution in [0.15, 0.2) is 42.1 Å². The molecule has 0 unspecified atom stereocenters. The maximum atomic E-state index is 13.5. The third kappa shape index (κ3) is 5.64. The zero-order valence-corrected chi connectivity index (χ0v) is 22.4. The van der Waals surface area contributed by atoms with Gasteiger partial charge in [0.2, 0.25) is 5.91 Å². The van der Waals surface area contributed by atoms with Crippen molar-refractivity contribution >= 4 is 35.6 Å². The number of allylic oxidation sites excluding steroid dienone is 1. The smallest absolute Gasteiger partial charge is 0.355 e. The number of hydrogen-bond acceptors (Lipinski definition) is 7. The Morgan fingerprint density at radius 1 is 1.05 bits per heavy atom. The zero-order chi connectivity index (χ0) is 28.5. The molecule has 39 heavy (non-hydrogen) atoms. The Bertz CT molecular complexity index is 1220. The Morgan fingerprint density at radius 2 is 1.74 bits per heavy atom. The SMILES string of the molecule is CCN1CCN(C(=O)N[C@@H](C(=O)N[C@@H]2C(=O)N3C(C(=O)OC(C)(C)C)=CCC[C@@H]23)c2ccccc2)C(=O)C1=O. The van der Waals surface area contributed by atoms with E-state index in [9.17, 15) is 28.8 Å². The van der Waals surface area contributed by atoms with E-state index >= 15 is 0 Å². The van der Waals surface area contributed by atoms with Gasteiger partial charge in [-0.2, -0.15) is 0 Å². The van der Waals surface area contributed by atoms with Crippen LogP contribution in [-0.4, -0.2) is 87.6 Å². The molecule has 0 spiro atoms. The number of amides is 6. The number of rotatable bonds is 6. The number of nitrogens with zero attached hydrogens (tertiary/aromatic N) is 3. The van der Waals surface area contributed by atoms with E-state index in [0.29, 0.717) is 24.9 Å². The van der Waals surface area contributed by atoms with Crippen molar-refractivity contribution in [3.8, 4) is 0 Å². The Hall–Kier alpha value is -4.22. The molecule has 3 heterocycles. The lowest BCUT2D eigenvalue weighted by Gasteiger charge is -2.49. The minimum absolute atomic E-state index is 0.00863. The molecule has 0 saturated carbocycles. The predicted molar refractivity (Wildman–Crippen MR) is 137 cm³/mol. The highest BCUT2D eigenvalue weighted by molar-refractivity contribution is 6.38. The summed E-state index contributed by atoms with van der Waals surface area (Å²) < 4.78 is 5.43. The average Bonchev–Trinajstić information content (AvgIpc) is 2.90. The van der Waals surface area contributed by atoms with Crippen molar-refractivity contribution in [3.05, 3.63) is 47.7 Å². The number of carbonyl (C=O) groups excluding carboxylic acids is 6. The van der Waals surface area contributed by atoms with Gasteiger partial charge in [-0.3, -0.25) is 29.0 Å². The molecule has 1 aromatic carbocycles. The van der Waals surface area contributed by atoms with Crippen molar-refractivity contribution in [1.82, 2.24) is 25.3 Å². The Morgan fingerprint density at radius 3 is 2.38 bits per heavy atom. The zero-order valence-electron chi connectivity index (χ0n) is 22.4. The first-order valence-corrected chi connectivity index (χ1v) is 13.0. The number of carbonyl (C=O) groups is 6. The summed E-state index contributed by atoms with van der Waals surface area (Å²) in [5.74, 6) is -3.49. The molecular weight excluding hydrogens is 506 g/mol. The van der Waals surface area contributed by atoms with E-state index in [2.05, 4.69) is 10.6 Å². The third-order valence-corrected chi connectivity index (χ3v) is 6.78. The number of ether oxygens (including phenoxy) is 1. The lowest BCUT2D eigenvalue weighted by atomic mass is 9.86. The molecule has 2 fully saturated rings. The second kappa shape index (κ2) is 10.9. The number of nitrogens with one attached hydrogen (secondary N) is 2. The van der Waals surface area contributed by atoms with Crippen molar-refractivity contribution in [3.63, 3.8) is 0 Å². The molecule has 2 N–H and O–H groups in total. The van der Waals surface area contributed by atoms with Gasteiger partial charge in [0, 0.05) is 19.6 Å². The van der Waals surface area contributed by atoms with Crippen LogP contribution in [0.5, 0.6) is 0 Å². The van der Waals surface area contributed by atoms with Crippen molar-refractivity contribution in [1.29, 1.82) is 0 Å². The van der Waals surface area contributed by atoms with Gasteiger partial charge in [0.1, 0.15) is 23.4 Å². The van der Waals surface area contributed by atoms with E-state index in [1.807, 2.05) is 0 Å². The molecule has 12 heteroatoms. The van der Waals surface area contributed by atoms with Gasteiger partial charge in [-0.15, -0.1) is 0 Å². The molecule has 3 atom stereocenters. The minimum atomic E-state index is -1.24. The number of esters is 1. The van der Waals surface area contributed by atoms with Crippen LogP contribution in [0.25, 0.3) is 0 Å². The number of fused-ring (bicyclic) bond motifs is 1. The second-order valence-electron chi connectivity index (χ2n) is 10.6. The van der Waals surface area contributed by atoms with Gasteiger partial charge in [0.05, 0.1) is 6.04 Å². The van der Waals surface area contributed by atoms with Crippen molar-refractivity contribution in [2.24, 2.45) is 0 Å². The summed E-state index contributed by atoms with van der Waals surface area (Å²) >= 11 is 0. The van der Waals surface area contributed by atoms with Crippen LogP contribution in [0.2, 0.25) is 0 Å². The van der Waals surface area contributed by atoms with E-state index in [0.717, 1.165) is 4.90 Å². The number of likely N-dealkylation sites (N-methyl/N-ethyl adjacent to an activating group) is 1. The van der Waals surface area contributed by atoms with Crippen LogP contribution in [0.3, 0.4) is 0 Å². The number of hydrogen-bond donors (Lipinski definition) is 2. The number of β-lactam (4-membered cyclic amide) rings is 1. The maximum absolute atomic E-state index is 13.5. The fourth-order valence-electron chi connectivity index (χ4n) is 4.85. The molecule has 0 bridgehead atoms. The molecule has 6 amide bonds. The van der Waals surface area contributed by atoms with Crippen LogP contribution in [0.4, 0.5) is 4.79 Å². The summed E-state index contributed by atoms with van der Waals surface area (Å²) in [5.41, 5.74) is -0.155. The third-order valence-electron chi connectivity index (χ3n) is 6.78. The highest BCUT2D eigenvalue weighted by atomic mass is 16.6. The summed E-state index contributed by atoms with van der Waals surface area (Å²) in [7, 11) is 0. The highest BCUT2D eigenvalue weighted by Gasteiger charge is 2.53. The molecule has 4 rings (SSSR count). The predicted octanol–water partition coefficient (Wildman–Crippen LogP) is 0.843. The largest absolute Gasteiger partial charge is 0.455 e. The molecule has 208 valence electrons. The topological polar surface area (TPSA) is 145 Å². The van der Waals surface area contributed by atoms with Crippen LogP contribution < -0.4 is 10.6 Å².